The van der Waals surface area contributed by atoms with E-state index < -0.39 is 0 Å². The average molecular weight is 281 g/mol. The first-order valence-corrected chi connectivity index (χ1v) is 6.75. The lowest BCUT2D eigenvalue weighted by Gasteiger charge is -2.09. The molecule has 1 N–H and O–H groups in total. The highest BCUT2D eigenvalue weighted by atomic mass is 35.5. The topological polar surface area (TPSA) is 63.8 Å². The monoisotopic (exact) mass is 280 g/mol. The van der Waals surface area contributed by atoms with E-state index in [9.17, 15) is 0 Å². The highest BCUT2D eigenvalue weighted by Gasteiger charge is 2.14. The lowest BCUT2D eigenvalue weighted by Crippen LogP contribution is -2.28. The van der Waals surface area contributed by atoms with Crippen molar-refractivity contribution in [1.82, 2.24) is 20.4 Å². The van der Waals surface area contributed by atoms with Crippen LogP contribution in [0.2, 0.25) is 5.02 Å². The molecule has 0 radical (unpaired) electrons. The molecular weight excluding hydrogens is 264 g/mol. The second-order valence-corrected chi connectivity index (χ2v) is 4.81. The van der Waals surface area contributed by atoms with Gasteiger partial charge >= 0.3 is 0 Å². The van der Waals surface area contributed by atoms with Crippen molar-refractivity contribution < 1.29 is 4.52 Å². The molecule has 0 aliphatic heterocycles. The molecule has 0 saturated heterocycles. The summed E-state index contributed by atoms with van der Waals surface area (Å²) in [6.07, 6.45) is 3.45. The van der Waals surface area contributed by atoms with Gasteiger partial charge in [0.2, 0.25) is 11.7 Å². The summed E-state index contributed by atoms with van der Waals surface area (Å²) in [5.41, 5.74) is 0.549. The van der Waals surface area contributed by atoms with Gasteiger partial charge in [0.15, 0.2) is 0 Å². The van der Waals surface area contributed by atoms with Crippen LogP contribution in [-0.2, 0) is 6.42 Å². The van der Waals surface area contributed by atoms with Crippen LogP contribution in [0.25, 0.3) is 11.5 Å². The predicted octanol–water partition coefficient (Wildman–Crippen LogP) is 2.72. The molecule has 0 aliphatic carbocycles. The maximum atomic E-state index is 6.05. The van der Waals surface area contributed by atoms with Crippen LogP contribution in [0.1, 0.15) is 26.2 Å². The molecule has 0 bridgehead atoms. The summed E-state index contributed by atoms with van der Waals surface area (Å²) in [5.74, 6) is 1.02. The first-order valence-electron chi connectivity index (χ1n) is 6.37. The molecule has 2 aromatic rings. The van der Waals surface area contributed by atoms with Gasteiger partial charge in [-0.2, -0.15) is 4.98 Å². The number of rotatable bonds is 6. The number of hydrogen-bond acceptors (Lipinski definition) is 5. The molecule has 2 rings (SSSR count). The van der Waals surface area contributed by atoms with Crippen LogP contribution < -0.4 is 5.32 Å². The first-order chi connectivity index (χ1) is 9.20. The van der Waals surface area contributed by atoms with Crippen molar-refractivity contribution in [3.8, 4) is 11.5 Å². The highest BCUT2D eigenvalue weighted by Crippen LogP contribution is 2.22. The molecule has 102 valence electrons. The largest absolute Gasteiger partial charge is 0.339 e. The molecule has 0 fully saturated rings. The third-order valence-electron chi connectivity index (χ3n) is 2.66. The fraction of sp³-hybridized carbons (Fsp3) is 0.462. The Bertz CT molecular complexity index is 529. The van der Waals surface area contributed by atoms with E-state index in [4.69, 9.17) is 16.1 Å². The normalized spacial score (nSPS) is 12.6. The van der Waals surface area contributed by atoms with E-state index in [0.29, 0.717) is 34.9 Å². The fourth-order valence-electron chi connectivity index (χ4n) is 1.71. The van der Waals surface area contributed by atoms with Crippen molar-refractivity contribution in [1.29, 1.82) is 0 Å². The fourth-order valence-corrected chi connectivity index (χ4v) is 1.92. The zero-order valence-corrected chi connectivity index (χ0v) is 11.8. The molecule has 19 heavy (non-hydrogen) atoms. The van der Waals surface area contributed by atoms with Crippen molar-refractivity contribution in [3.63, 3.8) is 0 Å². The van der Waals surface area contributed by atoms with Gasteiger partial charge < -0.3 is 9.84 Å². The number of aromatic nitrogens is 3. The van der Waals surface area contributed by atoms with Gasteiger partial charge in [0.1, 0.15) is 5.69 Å². The smallest absolute Gasteiger partial charge is 0.228 e. The van der Waals surface area contributed by atoms with E-state index in [1.54, 1.807) is 18.3 Å². The third kappa shape index (κ3) is 3.75. The number of halogens is 1. The van der Waals surface area contributed by atoms with Gasteiger partial charge in [0, 0.05) is 18.7 Å². The maximum absolute atomic E-state index is 6.05. The Balaban J connectivity index is 2.05. The van der Waals surface area contributed by atoms with Crippen molar-refractivity contribution in [2.24, 2.45) is 0 Å². The Hall–Kier alpha value is -1.46. The van der Waals surface area contributed by atoms with Gasteiger partial charge in [-0.15, -0.1) is 0 Å². The summed E-state index contributed by atoms with van der Waals surface area (Å²) < 4.78 is 5.22. The molecule has 6 heteroatoms. The van der Waals surface area contributed by atoms with Gasteiger partial charge in [-0.1, -0.05) is 23.7 Å². The van der Waals surface area contributed by atoms with Gasteiger partial charge in [0.25, 0.3) is 0 Å². The number of nitrogens with one attached hydrogen (secondary N) is 1. The van der Waals surface area contributed by atoms with E-state index in [1.165, 1.54) is 0 Å². The Morgan fingerprint density at radius 2 is 2.32 bits per heavy atom. The van der Waals surface area contributed by atoms with Crippen molar-refractivity contribution in [3.05, 3.63) is 29.2 Å². The van der Waals surface area contributed by atoms with Crippen LogP contribution in [0, 0.1) is 0 Å². The minimum absolute atomic E-state index is 0.299. The zero-order chi connectivity index (χ0) is 13.7. The number of hydrogen-bond donors (Lipinski definition) is 1. The lowest BCUT2D eigenvalue weighted by molar-refractivity contribution is 0.362. The highest BCUT2D eigenvalue weighted by molar-refractivity contribution is 6.32. The van der Waals surface area contributed by atoms with E-state index in [2.05, 4.69) is 34.3 Å². The van der Waals surface area contributed by atoms with E-state index in [1.807, 2.05) is 0 Å². The number of nitrogens with zero attached hydrogens (tertiary/aromatic N) is 3. The molecule has 0 saturated carbocycles. The summed E-state index contributed by atoms with van der Waals surface area (Å²) >= 11 is 6.05. The van der Waals surface area contributed by atoms with E-state index in [0.717, 1.165) is 13.0 Å². The summed E-state index contributed by atoms with van der Waals surface area (Å²) in [7, 11) is 0. The molecule has 0 aromatic carbocycles. The summed E-state index contributed by atoms with van der Waals surface area (Å²) in [5, 5.41) is 7.81. The Morgan fingerprint density at radius 1 is 1.47 bits per heavy atom. The Kier molecular flexibility index (Phi) is 4.87. The molecule has 5 nitrogen and oxygen atoms in total. The second-order valence-electron chi connectivity index (χ2n) is 4.40. The molecule has 0 amide bonds. The zero-order valence-electron chi connectivity index (χ0n) is 11.1. The van der Waals surface area contributed by atoms with E-state index >= 15 is 0 Å². The number of pyridine rings is 1. The Labute approximate surface area is 117 Å². The molecule has 0 spiro atoms. The van der Waals surface area contributed by atoms with Crippen LogP contribution in [0.3, 0.4) is 0 Å². The maximum Gasteiger partial charge on any atom is 0.228 e. The van der Waals surface area contributed by atoms with E-state index in [-0.39, 0.29) is 0 Å². The third-order valence-corrected chi connectivity index (χ3v) is 2.97. The summed E-state index contributed by atoms with van der Waals surface area (Å²) in [6, 6.07) is 3.82. The van der Waals surface area contributed by atoms with Gasteiger partial charge in [0.05, 0.1) is 5.02 Å². The van der Waals surface area contributed by atoms with Gasteiger partial charge in [-0.25, -0.2) is 0 Å². The van der Waals surface area contributed by atoms with Crippen molar-refractivity contribution >= 4 is 11.6 Å². The van der Waals surface area contributed by atoms with Gasteiger partial charge in [-0.3, -0.25) is 4.98 Å². The van der Waals surface area contributed by atoms with Gasteiger partial charge in [-0.05, 0) is 32.0 Å². The molecule has 2 aromatic heterocycles. The molecule has 1 atom stereocenters. The van der Waals surface area contributed by atoms with Crippen molar-refractivity contribution in [2.45, 2.75) is 32.7 Å². The van der Waals surface area contributed by atoms with Crippen LogP contribution in [0.5, 0.6) is 0 Å². The summed E-state index contributed by atoms with van der Waals surface area (Å²) in [4.78, 5) is 8.48. The van der Waals surface area contributed by atoms with Crippen LogP contribution in [0.4, 0.5) is 0 Å². The molecule has 1 unspecified atom stereocenters. The minimum Gasteiger partial charge on any atom is -0.339 e. The molecular formula is C13H17ClN4O. The van der Waals surface area contributed by atoms with Crippen LogP contribution in [-0.4, -0.2) is 27.7 Å². The SMILES string of the molecule is CCCNC(C)Cc1nc(-c2ncccc2Cl)no1. The average Bonchev–Trinajstić information content (AvgIpc) is 2.85. The molecule has 0 aliphatic rings. The van der Waals surface area contributed by atoms with Crippen LogP contribution in [0.15, 0.2) is 22.9 Å². The summed E-state index contributed by atoms with van der Waals surface area (Å²) in [6.45, 7) is 5.20. The lowest BCUT2D eigenvalue weighted by atomic mass is 10.2. The minimum atomic E-state index is 0.299. The Morgan fingerprint density at radius 3 is 3.05 bits per heavy atom. The second kappa shape index (κ2) is 6.63. The van der Waals surface area contributed by atoms with Crippen molar-refractivity contribution in [2.75, 3.05) is 6.54 Å². The van der Waals surface area contributed by atoms with Crippen LogP contribution >= 0.6 is 11.6 Å². The predicted molar refractivity (Wildman–Crippen MR) is 74.0 cm³/mol. The quantitative estimate of drug-likeness (QED) is 0.881. The first kappa shape index (κ1) is 14.0. The standard InChI is InChI=1S/C13H17ClN4O/c1-3-6-15-9(2)8-11-17-13(18-19-11)12-10(14)5-4-7-16-12/h4-5,7,9,15H,3,6,8H2,1-2H3. The molecule has 2 heterocycles.